The minimum Gasteiger partial charge on any atom is -0.444 e. The number of hydrogen-bond acceptors (Lipinski definition) is 5. The molecule has 1 aromatic heterocycles. The maximum absolute atomic E-state index is 13.8. The number of carbonyl (C=O) groups is 4. The molecule has 2 aromatic rings. The number of likely N-dealkylation sites (N-methyl/N-ethyl adjacent to an activating group) is 1. The second-order valence-corrected chi connectivity index (χ2v) is 12.5. The Morgan fingerprint density at radius 2 is 1.63 bits per heavy atom. The highest BCUT2D eigenvalue weighted by atomic mass is 16.6. The number of rotatable bonds is 6. The number of ether oxygens (including phenoxy) is 1. The number of hydrogen-bond donors (Lipinski definition) is 2. The Morgan fingerprint density at radius 3 is 2.27 bits per heavy atom. The van der Waals surface area contributed by atoms with Gasteiger partial charge in [0.05, 0.1) is 0 Å². The van der Waals surface area contributed by atoms with E-state index in [-0.39, 0.29) is 23.6 Å². The van der Waals surface area contributed by atoms with Gasteiger partial charge in [-0.15, -0.1) is 0 Å². The fraction of sp³-hybridized carbons (Fsp3) is 0.613. The molecule has 2 heterocycles. The highest BCUT2D eigenvalue weighted by Crippen LogP contribution is 2.28. The molecule has 1 saturated heterocycles. The van der Waals surface area contributed by atoms with E-state index in [9.17, 15) is 19.2 Å². The number of aromatic nitrogens is 1. The van der Waals surface area contributed by atoms with Gasteiger partial charge in [0, 0.05) is 55.4 Å². The van der Waals surface area contributed by atoms with E-state index < -0.39 is 23.8 Å². The third-order valence-electron chi connectivity index (χ3n) is 8.21. The van der Waals surface area contributed by atoms with Crippen molar-refractivity contribution in [1.82, 2.24) is 25.0 Å². The highest BCUT2D eigenvalue weighted by molar-refractivity contribution is 5.98. The molecule has 0 bridgehead atoms. The van der Waals surface area contributed by atoms with Crippen LogP contribution >= 0.6 is 0 Å². The summed E-state index contributed by atoms with van der Waals surface area (Å²) in [6, 6.07) is 6.21. The first kappa shape index (κ1) is 30.4. The number of aryl methyl sites for hydroxylation is 1. The van der Waals surface area contributed by atoms with E-state index >= 15 is 0 Å². The molecule has 2 atom stereocenters. The summed E-state index contributed by atoms with van der Waals surface area (Å²) in [5.41, 5.74) is 1.99. The van der Waals surface area contributed by atoms with Crippen molar-refractivity contribution >= 4 is 34.7 Å². The van der Waals surface area contributed by atoms with Crippen LogP contribution in [0.5, 0.6) is 0 Å². The van der Waals surface area contributed by atoms with E-state index in [1.54, 1.807) is 37.5 Å². The van der Waals surface area contributed by atoms with Crippen LogP contribution in [0.4, 0.5) is 4.79 Å². The molecule has 1 aromatic carbocycles. The van der Waals surface area contributed by atoms with Crippen LogP contribution in [0.2, 0.25) is 0 Å². The lowest BCUT2D eigenvalue weighted by molar-refractivity contribution is -0.140. The third kappa shape index (κ3) is 7.40. The first-order valence-electron chi connectivity index (χ1n) is 14.8. The van der Waals surface area contributed by atoms with Crippen LogP contribution in [0.3, 0.4) is 0 Å². The number of benzene rings is 1. The predicted molar refractivity (Wildman–Crippen MR) is 157 cm³/mol. The summed E-state index contributed by atoms with van der Waals surface area (Å²) in [5, 5.41) is 4.00. The summed E-state index contributed by atoms with van der Waals surface area (Å²) < 4.78 is 5.42. The van der Waals surface area contributed by atoms with Gasteiger partial charge in [-0.25, -0.2) is 4.79 Å². The number of carbonyl (C=O) groups excluding carboxylic acids is 4. The lowest BCUT2D eigenvalue weighted by atomic mass is 9.83. The number of fused-ring (bicyclic) bond motifs is 1. The van der Waals surface area contributed by atoms with Crippen molar-refractivity contribution < 1.29 is 23.9 Å². The van der Waals surface area contributed by atoms with Crippen molar-refractivity contribution in [1.29, 1.82) is 0 Å². The SMILES string of the molecule is Cc1cc2cc(C(=O)N3CCN(C(=O)C(NC(=O)C(C)N(C)C(=O)OC(C)(C)C)C4CCCCC4)CC3)ccc2[nH]1. The molecular weight excluding hydrogens is 522 g/mol. The highest BCUT2D eigenvalue weighted by Gasteiger charge is 2.37. The van der Waals surface area contributed by atoms with Gasteiger partial charge in [-0.05, 0) is 77.6 Å². The molecule has 1 aliphatic heterocycles. The fourth-order valence-electron chi connectivity index (χ4n) is 5.71. The molecular formula is C31H45N5O5. The van der Waals surface area contributed by atoms with Gasteiger partial charge in [-0.3, -0.25) is 19.3 Å². The molecule has 10 nitrogen and oxygen atoms in total. The van der Waals surface area contributed by atoms with Crippen molar-refractivity contribution in [2.75, 3.05) is 33.2 Å². The van der Waals surface area contributed by atoms with Gasteiger partial charge in [-0.2, -0.15) is 0 Å². The van der Waals surface area contributed by atoms with Crippen LogP contribution in [0.25, 0.3) is 10.9 Å². The smallest absolute Gasteiger partial charge is 0.410 e. The Morgan fingerprint density at radius 1 is 1.00 bits per heavy atom. The minimum atomic E-state index is -0.806. The summed E-state index contributed by atoms with van der Waals surface area (Å²) in [4.78, 5) is 61.0. The Hall–Kier alpha value is -3.56. The van der Waals surface area contributed by atoms with Gasteiger partial charge in [0.2, 0.25) is 11.8 Å². The number of aromatic amines is 1. The van der Waals surface area contributed by atoms with Gasteiger partial charge in [0.25, 0.3) is 5.91 Å². The first-order chi connectivity index (χ1) is 19.3. The Kier molecular flexibility index (Phi) is 9.29. The second-order valence-electron chi connectivity index (χ2n) is 12.5. The van der Waals surface area contributed by atoms with Crippen LogP contribution < -0.4 is 5.32 Å². The third-order valence-corrected chi connectivity index (χ3v) is 8.21. The van der Waals surface area contributed by atoms with Crippen molar-refractivity contribution in [3.8, 4) is 0 Å². The number of nitrogens with zero attached hydrogens (tertiary/aromatic N) is 3. The van der Waals surface area contributed by atoms with E-state index in [2.05, 4.69) is 10.3 Å². The van der Waals surface area contributed by atoms with Crippen LogP contribution in [-0.2, 0) is 14.3 Å². The Labute approximate surface area is 242 Å². The molecule has 4 rings (SSSR count). The maximum atomic E-state index is 13.8. The van der Waals surface area contributed by atoms with E-state index in [1.807, 2.05) is 31.2 Å². The van der Waals surface area contributed by atoms with Crippen LogP contribution in [0.15, 0.2) is 24.3 Å². The number of piperazine rings is 1. The molecule has 41 heavy (non-hydrogen) atoms. The van der Waals surface area contributed by atoms with Gasteiger partial charge < -0.3 is 24.8 Å². The van der Waals surface area contributed by atoms with E-state index in [0.29, 0.717) is 31.7 Å². The molecule has 1 aliphatic carbocycles. The molecule has 224 valence electrons. The van der Waals surface area contributed by atoms with Gasteiger partial charge >= 0.3 is 6.09 Å². The first-order valence-corrected chi connectivity index (χ1v) is 14.8. The van der Waals surface area contributed by atoms with Gasteiger partial charge in [0.15, 0.2) is 0 Å². The van der Waals surface area contributed by atoms with Crippen molar-refractivity contribution in [3.05, 3.63) is 35.5 Å². The summed E-state index contributed by atoms with van der Waals surface area (Å²) in [7, 11) is 1.53. The van der Waals surface area contributed by atoms with Crippen molar-refractivity contribution in [2.45, 2.75) is 84.4 Å². The zero-order valence-corrected chi connectivity index (χ0v) is 25.3. The summed E-state index contributed by atoms with van der Waals surface area (Å²) in [5.74, 6) is -0.510. The summed E-state index contributed by atoms with van der Waals surface area (Å²) in [6.45, 7) is 10.6. The number of H-pyrrole nitrogens is 1. The van der Waals surface area contributed by atoms with Crippen molar-refractivity contribution in [2.24, 2.45) is 5.92 Å². The molecule has 10 heteroatoms. The maximum Gasteiger partial charge on any atom is 0.410 e. The average molecular weight is 568 g/mol. The molecule has 0 spiro atoms. The largest absolute Gasteiger partial charge is 0.444 e. The van der Waals surface area contributed by atoms with E-state index in [1.165, 1.54) is 11.9 Å². The summed E-state index contributed by atoms with van der Waals surface area (Å²) >= 11 is 0. The molecule has 2 aliphatic rings. The summed E-state index contributed by atoms with van der Waals surface area (Å²) in [6.07, 6.45) is 4.31. The average Bonchev–Trinajstić information content (AvgIpc) is 3.33. The van der Waals surface area contributed by atoms with E-state index in [0.717, 1.165) is 48.7 Å². The zero-order valence-electron chi connectivity index (χ0n) is 25.3. The van der Waals surface area contributed by atoms with E-state index in [4.69, 9.17) is 4.74 Å². The molecule has 1 saturated carbocycles. The Balaban J connectivity index is 1.40. The number of amides is 4. The van der Waals surface area contributed by atoms with Gasteiger partial charge in [0.1, 0.15) is 17.7 Å². The molecule has 0 radical (unpaired) electrons. The normalized spacial score (nSPS) is 18.1. The van der Waals surface area contributed by atoms with Crippen molar-refractivity contribution in [3.63, 3.8) is 0 Å². The second kappa shape index (κ2) is 12.5. The standard InChI is InChI=1S/C31H45N5O5/c1-20-18-24-19-23(12-13-25(24)32-20)28(38)35-14-16-36(17-15-35)29(39)26(22-10-8-7-9-11-22)33-27(37)21(2)34(6)30(40)41-31(3,4)5/h12-13,18-19,21-22,26,32H,7-11,14-17H2,1-6H3,(H,33,37). The molecule has 4 amide bonds. The lowest BCUT2D eigenvalue weighted by Crippen LogP contribution is -2.59. The minimum absolute atomic E-state index is 0.0374. The predicted octanol–water partition coefficient (Wildman–Crippen LogP) is 4.08. The van der Waals surface area contributed by atoms with Gasteiger partial charge in [-0.1, -0.05) is 19.3 Å². The van der Waals surface area contributed by atoms with Crippen LogP contribution in [0.1, 0.15) is 75.9 Å². The topological polar surface area (TPSA) is 115 Å². The number of nitrogens with one attached hydrogen (secondary N) is 2. The molecule has 2 N–H and O–H groups in total. The van der Waals surface area contributed by atoms with Crippen LogP contribution in [0, 0.1) is 12.8 Å². The fourth-order valence-corrected chi connectivity index (χ4v) is 5.71. The molecule has 2 unspecified atom stereocenters. The monoisotopic (exact) mass is 567 g/mol. The lowest BCUT2D eigenvalue weighted by Gasteiger charge is -2.39. The quantitative estimate of drug-likeness (QED) is 0.546. The molecule has 2 fully saturated rings. The van der Waals surface area contributed by atoms with Crippen LogP contribution in [-0.4, -0.2) is 94.4 Å². The Bertz CT molecular complexity index is 1270. The zero-order chi connectivity index (χ0) is 29.9.